The average Bonchev–Trinajstić information content (AvgIpc) is 3.59. The van der Waals surface area contributed by atoms with Gasteiger partial charge in [-0.3, -0.25) is 9.59 Å². The Hall–Kier alpha value is -4.26. The monoisotopic (exact) mass is 588 g/mol. The minimum absolute atomic E-state index is 0.0685. The molecule has 1 unspecified atom stereocenters. The molecule has 3 aliphatic heterocycles. The maximum Gasteiger partial charge on any atom is 0.307 e. The first-order valence-corrected chi connectivity index (χ1v) is 16.1. The summed E-state index contributed by atoms with van der Waals surface area (Å²) in [5, 5.41) is 19.3. The molecule has 10 bridgehead atoms. The highest BCUT2D eigenvalue weighted by atomic mass is 16.4. The first-order valence-electron chi connectivity index (χ1n) is 16.1. The molecule has 7 heteroatoms. The van der Waals surface area contributed by atoms with Gasteiger partial charge in [-0.2, -0.15) is 0 Å². The zero-order valence-corrected chi connectivity index (χ0v) is 25.8. The predicted octanol–water partition coefficient (Wildman–Crippen LogP) is 6.79. The van der Waals surface area contributed by atoms with Crippen molar-refractivity contribution in [2.75, 3.05) is 6.54 Å². The van der Waals surface area contributed by atoms with Crippen LogP contribution in [-0.4, -0.2) is 43.4 Å². The number of fused-ring (bicyclic) bond motifs is 6. The number of carbonyl (C=O) groups excluding carboxylic acids is 1. The minimum Gasteiger partial charge on any atom is -0.481 e. The fourth-order valence-corrected chi connectivity index (χ4v) is 7.64. The van der Waals surface area contributed by atoms with Crippen LogP contribution in [0.25, 0.3) is 17.1 Å². The first kappa shape index (κ1) is 28.5. The van der Waals surface area contributed by atoms with Gasteiger partial charge in [0.15, 0.2) is 0 Å². The number of hydrogen-bond acceptors (Lipinski definition) is 4. The van der Waals surface area contributed by atoms with Crippen molar-refractivity contribution < 1.29 is 14.7 Å². The summed E-state index contributed by atoms with van der Waals surface area (Å²) in [5.74, 6) is -1.68. The molecule has 4 heterocycles. The molecule has 0 fully saturated rings. The molecule has 3 atom stereocenters. The van der Waals surface area contributed by atoms with Crippen LogP contribution < -0.4 is 0 Å². The van der Waals surface area contributed by atoms with Gasteiger partial charge in [0.2, 0.25) is 0 Å². The number of aliphatic carboxylic acids is 1. The van der Waals surface area contributed by atoms with Crippen LogP contribution >= 0.6 is 0 Å². The highest BCUT2D eigenvalue weighted by Gasteiger charge is 2.33. The number of amides is 1. The highest BCUT2D eigenvalue weighted by Crippen LogP contribution is 2.40. The van der Waals surface area contributed by atoms with E-state index in [1.807, 2.05) is 16.5 Å². The van der Waals surface area contributed by atoms with E-state index in [2.05, 4.69) is 71.8 Å². The molecule has 1 amide bonds. The molecule has 4 aliphatic rings. The largest absolute Gasteiger partial charge is 0.481 e. The summed E-state index contributed by atoms with van der Waals surface area (Å²) in [6.07, 6.45) is 8.35. The van der Waals surface area contributed by atoms with Gasteiger partial charge in [0.25, 0.3) is 5.91 Å². The summed E-state index contributed by atoms with van der Waals surface area (Å²) in [6, 6.07) is 17.2. The Labute approximate surface area is 258 Å². The highest BCUT2D eigenvalue weighted by molar-refractivity contribution is 6.01. The predicted molar refractivity (Wildman–Crippen MR) is 171 cm³/mol. The SMILES string of the molecule is Cc1c2ccc3c1nnn3CCCCCCc1ccc3c(c1)C=C(C(=O)N1CCc4ccc(cc4C1)[C@H]2[C@@H](C)C(=O)O)C3C. The second-order valence-electron chi connectivity index (χ2n) is 13.0. The summed E-state index contributed by atoms with van der Waals surface area (Å²) in [6.45, 7) is 7.97. The number of aryl methyl sites for hydroxylation is 3. The smallest absolute Gasteiger partial charge is 0.307 e. The maximum atomic E-state index is 14.0. The molecule has 4 aromatic rings. The number of rotatable bonds is 2. The third-order valence-electron chi connectivity index (χ3n) is 10.3. The van der Waals surface area contributed by atoms with Crippen molar-refractivity contribution in [3.8, 4) is 0 Å². The lowest BCUT2D eigenvalue weighted by Crippen LogP contribution is -2.37. The Morgan fingerprint density at radius 1 is 0.955 bits per heavy atom. The molecule has 1 aliphatic carbocycles. The van der Waals surface area contributed by atoms with Gasteiger partial charge >= 0.3 is 5.97 Å². The lowest BCUT2D eigenvalue weighted by Gasteiger charge is -2.32. The number of carbonyl (C=O) groups is 2. The van der Waals surface area contributed by atoms with E-state index in [4.69, 9.17) is 0 Å². The number of carboxylic acids is 1. The van der Waals surface area contributed by atoms with Crippen molar-refractivity contribution in [3.05, 3.63) is 98.6 Å². The van der Waals surface area contributed by atoms with Gasteiger partial charge in [-0.1, -0.05) is 74.4 Å². The van der Waals surface area contributed by atoms with Crippen LogP contribution in [0, 0.1) is 12.8 Å². The Balaban J connectivity index is 1.30. The van der Waals surface area contributed by atoms with Crippen molar-refractivity contribution in [1.29, 1.82) is 0 Å². The van der Waals surface area contributed by atoms with Crippen LogP contribution in [0.5, 0.6) is 0 Å². The lowest BCUT2D eigenvalue weighted by atomic mass is 9.78. The number of nitrogens with zero attached hydrogens (tertiary/aromatic N) is 4. The lowest BCUT2D eigenvalue weighted by molar-refractivity contribution is -0.141. The molecular formula is C37H40N4O3. The molecule has 3 aromatic carbocycles. The van der Waals surface area contributed by atoms with Gasteiger partial charge in [0.05, 0.1) is 11.4 Å². The second-order valence-corrected chi connectivity index (χ2v) is 13.0. The minimum atomic E-state index is -0.838. The van der Waals surface area contributed by atoms with Crippen molar-refractivity contribution in [3.63, 3.8) is 0 Å². The summed E-state index contributed by atoms with van der Waals surface area (Å²) in [4.78, 5) is 28.4. The van der Waals surface area contributed by atoms with Gasteiger partial charge in [-0.25, -0.2) is 4.68 Å². The Morgan fingerprint density at radius 2 is 1.77 bits per heavy atom. The molecule has 0 spiro atoms. The van der Waals surface area contributed by atoms with E-state index in [-0.39, 0.29) is 17.7 Å². The molecule has 1 aromatic heterocycles. The summed E-state index contributed by atoms with van der Waals surface area (Å²) in [7, 11) is 0. The standard InChI is InChI=1S/C37H40N4O3/c1-22-30-12-9-25-8-6-4-5-7-16-41-33-14-13-31(23(2)35(33)38-39-41)34(24(3)37(43)44)27-11-10-26-15-17-40(21-29(26)19-27)36(42)32(22)20-28(30)18-25/h9-14,18-20,22,24,34H,4-8,15-17,21H2,1-3H3,(H,43,44)/t22?,24-,34-/m1/s1. The maximum absolute atomic E-state index is 14.0. The van der Waals surface area contributed by atoms with Gasteiger partial charge < -0.3 is 10.0 Å². The summed E-state index contributed by atoms with van der Waals surface area (Å²) < 4.78 is 1.99. The van der Waals surface area contributed by atoms with Crippen LogP contribution in [0.15, 0.2) is 54.1 Å². The van der Waals surface area contributed by atoms with Crippen LogP contribution in [0.1, 0.15) is 95.9 Å². The third-order valence-corrected chi connectivity index (χ3v) is 10.3. The molecule has 0 saturated heterocycles. The van der Waals surface area contributed by atoms with Gasteiger partial charge in [-0.05, 0) is 89.3 Å². The number of carboxylic acid groups (broad SMARTS) is 1. The fourth-order valence-electron chi connectivity index (χ4n) is 7.64. The quantitative estimate of drug-likeness (QED) is 0.278. The van der Waals surface area contributed by atoms with Crippen LogP contribution in [0.4, 0.5) is 0 Å². The first-order chi connectivity index (χ1) is 21.3. The summed E-state index contributed by atoms with van der Waals surface area (Å²) in [5.41, 5.74) is 11.6. The van der Waals surface area contributed by atoms with E-state index >= 15 is 0 Å². The van der Waals surface area contributed by atoms with Crippen LogP contribution in [-0.2, 0) is 35.5 Å². The van der Waals surface area contributed by atoms with E-state index in [1.54, 1.807) is 6.92 Å². The zero-order valence-electron chi connectivity index (χ0n) is 25.8. The number of benzene rings is 3. The van der Waals surface area contributed by atoms with Crippen LogP contribution in [0.2, 0.25) is 0 Å². The van der Waals surface area contributed by atoms with E-state index in [9.17, 15) is 14.7 Å². The second kappa shape index (κ2) is 11.3. The summed E-state index contributed by atoms with van der Waals surface area (Å²) >= 11 is 0. The van der Waals surface area contributed by atoms with Gasteiger partial charge in [0, 0.05) is 37.0 Å². The third kappa shape index (κ3) is 4.92. The molecule has 0 radical (unpaired) electrons. The molecule has 1 N–H and O–H groups in total. The van der Waals surface area contributed by atoms with Crippen molar-refractivity contribution in [2.45, 2.75) is 84.2 Å². The van der Waals surface area contributed by atoms with Crippen molar-refractivity contribution >= 4 is 29.0 Å². The Morgan fingerprint density at radius 3 is 2.61 bits per heavy atom. The van der Waals surface area contributed by atoms with Gasteiger partial charge in [0.1, 0.15) is 5.52 Å². The average molecular weight is 589 g/mol. The molecule has 7 nitrogen and oxygen atoms in total. The molecule has 226 valence electrons. The van der Waals surface area contributed by atoms with E-state index in [0.29, 0.717) is 13.1 Å². The number of hydrogen-bond donors (Lipinski definition) is 1. The topological polar surface area (TPSA) is 88.3 Å². The van der Waals surface area contributed by atoms with Crippen molar-refractivity contribution in [2.24, 2.45) is 5.92 Å². The van der Waals surface area contributed by atoms with Crippen molar-refractivity contribution in [1.82, 2.24) is 19.9 Å². The normalized spacial score (nSPS) is 20.9. The zero-order chi connectivity index (χ0) is 30.5. The molecular weight excluding hydrogens is 548 g/mol. The van der Waals surface area contributed by atoms with Gasteiger partial charge in [-0.15, -0.1) is 5.10 Å². The van der Waals surface area contributed by atoms with E-state index < -0.39 is 11.9 Å². The van der Waals surface area contributed by atoms with Crippen LogP contribution in [0.3, 0.4) is 0 Å². The molecule has 8 rings (SSSR count). The molecule has 44 heavy (non-hydrogen) atoms. The van der Waals surface area contributed by atoms with E-state index in [1.165, 1.54) is 22.3 Å². The Bertz CT molecular complexity index is 1820. The number of aromatic nitrogens is 3. The Kier molecular flexibility index (Phi) is 7.35. The van der Waals surface area contributed by atoms with E-state index in [0.717, 1.165) is 83.9 Å². The fraction of sp³-hybridized carbons (Fsp3) is 0.405. The molecule has 0 saturated carbocycles.